The van der Waals surface area contributed by atoms with Crippen LogP contribution in [0.15, 0.2) is 29.4 Å². The van der Waals surface area contributed by atoms with E-state index in [0.717, 1.165) is 6.20 Å². The summed E-state index contributed by atoms with van der Waals surface area (Å²) >= 11 is 0. The molecule has 0 saturated carbocycles. The van der Waals surface area contributed by atoms with Crippen LogP contribution in [0.5, 0.6) is 0 Å². The van der Waals surface area contributed by atoms with E-state index in [0.29, 0.717) is 0 Å². The first-order chi connectivity index (χ1) is 4.61. The molecule has 1 rings (SSSR count). The monoisotopic (exact) mass is 183 g/mol. The Balaban J connectivity index is 0.000001000. The Labute approximate surface area is 86.7 Å². The van der Waals surface area contributed by atoms with Gasteiger partial charge in [0, 0.05) is 12.4 Å². The third-order valence-electron chi connectivity index (χ3n) is 0.932. The fraction of sp³-hybridized carbons (Fsp3) is 0. The average molecular weight is 183 g/mol. The van der Waals surface area contributed by atoms with Gasteiger partial charge in [0.05, 0.1) is 0 Å². The third-order valence-corrected chi connectivity index (χ3v) is 1.77. The standard InChI is InChI=1S/C5H5NO3S.Na.H/c7-10(8,9)5-2-1-3-6-4-5;;/h1-4H,(H,7,8,9);;. The van der Waals surface area contributed by atoms with E-state index in [1.807, 2.05) is 0 Å². The van der Waals surface area contributed by atoms with Crippen molar-refractivity contribution in [2.24, 2.45) is 0 Å². The van der Waals surface area contributed by atoms with E-state index in [9.17, 15) is 8.42 Å². The van der Waals surface area contributed by atoms with E-state index in [1.54, 1.807) is 0 Å². The summed E-state index contributed by atoms with van der Waals surface area (Å²) in [5.74, 6) is 0. The van der Waals surface area contributed by atoms with Crippen LogP contribution in [-0.2, 0) is 10.1 Å². The Morgan fingerprint density at radius 3 is 2.36 bits per heavy atom. The Morgan fingerprint density at radius 1 is 1.45 bits per heavy atom. The molecule has 0 aromatic carbocycles. The van der Waals surface area contributed by atoms with Gasteiger partial charge in [0.1, 0.15) is 4.90 Å². The molecule has 0 saturated heterocycles. The van der Waals surface area contributed by atoms with Crippen molar-refractivity contribution >= 4 is 39.7 Å². The van der Waals surface area contributed by atoms with Gasteiger partial charge in [-0.1, -0.05) is 0 Å². The molecule has 0 bridgehead atoms. The van der Waals surface area contributed by atoms with Crippen LogP contribution < -0.4 is 0 Å². The fourth-order valence-electron chi connectivity index (χ4n) is 0.500. The van der Waals surface area contributed by atoms with Gasteiger partial charge in [0.2, 0.25) is 0 Å². The summed E-state index contributed by atoms with van der Waals surface area (Å²) in [4.78, 5) is 3.33. The number of nitrogens with zero attached hydrogens (tertiary/aromatic N) is 1. The molecule has 0 radical (unpaired) electrons. The molecule has 4 nitrogen and oxygen atoms in total. The topological polar surface area (TPSA) is 67.3 Å². The van der Waals surface area contributed by atoms with Crippen LogP contribution in [0.4, 0.5) is 0 Å². The summed E-state index contributed by atoms with van der Waals surface area (Å²) in [6.45, 7) is 0. The zero-order valence-electron chi connectivity index (χ0n) is 4.93. The van der Waals surface area contributed by atoms with Gasteiger partial charge in [-0.3, -0.25) is 9.54 Å². The summed E-state index contributed by atoms with van der Waals surface area (Å²) in [5, 5.41) is 0. The molecule has 0 atom stereocenters. The molecule has 1 aromatic heterocycles. The molecule has 0 aliphatic carbocycles. The molecule has 1 heterocycles. The molecule has 0 amide bonds. The van der Waals surface area contributed by atoms with Gasteiger partial charge >= 0.3 is 29.6 Å². The summed E-state index contributed by atoms with van der Waals surface area (Å²) in [5.41, 5.74) is 0. The fourth-order valence-corrected chi connectivity index (χ4v) is 0.944. The summed E-state index contributed by atoms with van der Waals surface area (Å²) in [6, 6.07) is 2.70. The molecule has 11 heavy (non-hydrogen) atoms. The van der Waals surface area contributed by atoms with Crippen molar-refractivity contribution in [1.82, 2.24) is 4.98 Å². The minimum absolute atomic E-state index is 0. The molecular weight excluding hydrogens is 177 g/mol. The van der Waals surface area contributed by atoms with Gasteiger partial charge < -0.3 is 0 Å². The first-order valence-corrected chi connectivity index (χ1v) is 3.92. The van der Waals surface area contributed by atoms with E-state index in [1.165, 1.54) is 18.3 Å². The Bertz CT molecular complexity index is 310. The predicted molar refractivity (Wildman–Crippen MR) is 41.2 cm³/mol. The molecular formula is C5H6NNaO3S. The van der Waals surface area contributed by atoms with E-state index in [2.05, 4.69) is 4.98 Å². The van der Waals surface area contributed by atoms with Gasteiger partial charge in [-0.15, -0.1) is 0 Å². The second kappa shape index (κ2) is 4.18. The minimum atomic E-state index is -4.07. The quantitative estimate of drug-likeness (QED) is 0.478. The number of rotatable bonds is 1. The molecule has 0 unspecified atom stereocenters. The molecule has 6 heteroatoms. The zero-order chi connectivity index (χ0) is 7.61. The van der Waals surface area contributed by atoms with E-state index in [4.69, 9.17) is 4.55 Å². The van der Waals surface area contributed by atoms with Crippen molar-refractivity contribution < 1.29 is 13.0 Å². The van der Waals surface area contributed by atoms with Crippen LogP contribution in [0.25, 0.3) is 0 Å². The number of pyridine rings is 1. The maximum atomic E-state index is 10.3. The predicted octanol–water partition coefficient (Wildman–Crippen LogP) is -0.320. The Hall–Kier alpha value is 0.0600. The SMILES string of the molecule is O=S(=O)(O)c1cccnc1.[NaH]. The van der Waals surface area contributed by atoms with Crippen molar-refractivity contribution in [3.05, 3.63) is 24.5 Å². The van der Waals surface area contributed by atoms with Gasteiger partial charge in [0.25, 0.3) is 10.1 Å². The molecule has 0 aliphatic heterocycles. The Morgan fingerprint density at radius 2 is 2.09 bits per heavy atom. The van der Waals surface area contributed by atoms with Crippen LogP contribution in [0, 0.1) is 0 Å². The van der Waals surface area contributed by atoms with Crippen LogP contribution in [0.3, 0.4) is 0 Å². The second-order valence-electron chi connectivity index (χ2n) is 1.66. The van der Waals surface area contributed by atoms with E-state index < -0.39 is 10.1 Å². The molecule has 1 aromatic rings. The van der Waals surface area contributed by atoms with Crippen LogP contribution in [-0.4, -0.2) is 47.5 Å². The van der Waals surface area contributed by atoms with Gasteiger partial charge in [-0.05, 0) is 12.1 Å². The van der Waals surface area contributed by atoms with Crippen LogP contribution in [0.2, 0.25) is 0 Å². The molecule has 0 spiro atoms. The first kappa shape index (κ1) is 11.1. The van der Waals surface area contributed by atoms with Crippen molar-refractivity contribution in [3.63, 3.8) is 0 Å². The van der Waals surface area contributed by atoms with Crippen molar-refractivity contribution in [2.75, 3.05) is 0 Å². The number of hydrogen-bond acceptors (Lipinski definition) is 3. The average Bonchev–Trinajstić information content (AvgIpc) is 1.88. The summed E-state index contributed by atoms with van der Waals surface area (Å²) in [7, 11) is -4.07. The van der Waals surface area contributed by atoms with E-state index >= 15 is 0 Å². The van der Waals surface area contributed by atoms with Gasteiger partial charge in [0.15, 0.2) is 0 Å². The summed E-state index contributed by atoms with van der Waals surface area (Å²) in [6.07, 6.45) is 2.50. The molecule has 0 fully saturated rings. The number of hydrogen-bond donors (Lipinski definition) is 1. The van der Waals surface area contributed by atoms with Crippen molar-refractivity contribution in [3.8, 4) is 0 Å². The van der Waals surface area contributed by atoms with Crippen LogP contribution >= 0.6 is 0 Å². The normalized spacial score (nSPS) is 10.3. The molecule has 1 N–H and O–H groups in total. The zero-order valence-corrected chi connectivity index (χ0v) is 5.75. The first-order valence-electron chi connectivity index (χ1n) is 2.48. The number of aromatic nitrogens is 1. The third kappa shape index (κ3) is 3.31. The van der Waals surface area contributed by atoms with E-state index in [-0.39, 0.29) is 34.5 Å². The van der Waals surface area contributed by atoms with Crippen LogP contribution in [0.1, 0.15) is 0 Å². The Kier molecular flexibility index (Phi) is 4.20. The van der Waals surface area contributed by atoms with Gasteiger partial charge in [-0.25, -0.2) is 0 Å². The second-order valence-corrected chi connectivity index (χ2v) is 3.09. The maximum absolute atomic E-state index is 10.3. The molecule has 0 aliphatic rings. The van der Waals surface area contributed by atoms with Gasteiger partial charge in [-0.2, -0.15) is 8.42 Å². The summed E-state index contributed by atoms with van der Waals surface area (Å²) < 4.78 is 29.1. The molecule has 56 valence electrons. The van der Waals surface area contributed by atoms with Crippen molar-refractivity contribution in [2.45, 2.75) is 4.90 Å². The van der Waals surface area contributed by atoms with Crippen molar-refractivity contribution in [1.29, 1.82) is 0 Å².